The van der Waals surface area contributed by atoms with Gasteiger partial charge in [-0.15, -0.1) is 0 Å². The summed E-state index contributed by atoms with van der Waals surface area (Å²) in [6, 6.07) is 6.74. The lowest BCUT2D eigenvalue weighted by Gasteiger charge is -1.99. The standard InChI is InChI=1S/C10H9NO3/c1-14-10(13)7-4-2-3-6-5-8(12)11-9(6)7/h2-5,11-12H,1H3. The van der Waals surface area contributed by atoms with Crippen LogP contribution in [0.5, 0.6) is 5.88 Å². The summed E-state index contributed by atoms with van der Waals surface area (Å²) < 4.78 is 4.61. The first-order chi connectivity index (χ1) is 6.72. The highest BCUT2D eigenvalue weighted by Crippen LogP contribution is 2.22. The van der Waals surface area contributed by atoms with Crippen LogP contribution in [0.1, 0.15) is 10.4 Å². The van der Waals surface area contributed by atoms with Crippen molar-refractivity contribution >= 4 is 16.9 Å². The number of rotatable bonds is 1. The molecule has 0 radical (unpaired) electrons. The Morgan fingerprint density at radius 3 is 3.00 bits per heavy atom. The molecule has 2 N–H and O–H groups in total. The highest BCUT2D eigenvalue weighted by atomic mass is 16.5. The number of H-pyrrole nitrogens is 1. The van der Waals surface area contributed by atoms with Gasteiger partial charge in [0.15, 0.2) is 5.88 Å². The number of nitrogens with one attached hydrogen (secondary N) is 1. The quantitative estimate of drug-likeness (QED) is 0.674. The summed E-state index contributed by atoms with van der Waals surface area (Å²) in [5.41, 5.74) is 1.02. The first-order valence-electron chi connectivity index (χ1n) is 4.11. The summed E-state index contributed by atoms with van der Waals surface area (Å²) >= 11 is 0. The minimum atomic E-state index is -0.419. The third kappa shape index (κ3) is 1.21. The highest BCUT2D eigenvalue weighted by Gasteiger charge is 2.11. The number of aromatic nitrogens is 1. The molecule has 0 spiro atoms. The zero-order valence-electron chi connectivity index (χ0n) is 7.57. The summed E-state index contributed by atoms with van der Waals surface area (Å²) in [7, 11) is 1.32. The van der Waals surface area contributed by atoms with E-state index in [1.165, 1.54) is 7.11 Å². The minimum Gasteiger partial charge on any atom is -0.495 e. The molecule has 72 valence electrons. The molecule has 0 atom stereocenters. The summed E-state index contributed by atoms with van der Waals surface area (Å²) in [4.78, 5) is 14.0. The van der Waals surface area contributed by atoms with E-state index in [4.69, 9.17) is 0 Å². The van der Waals surface area contributed by atoms with E-state index in [0.717, 1.165) is 5.39 Å². The molecule has 4 nitrogen and oxygen atoms in total. The van der Waals surface area contributed by atoms with Crippen LogP contribution < -0.4 is 0 Å². The van der Waals surface area contributed by atoms with Crippen LogP contribution in [0.4, 0.5) is 0 Å². The number of esters is 1. The van der Waals surface area contributed by atoms with Gasteiger partial charge in [0.25, 0.3) is 0 Å². The van der Waals surface area contributed by atoms with Gasteiger partial charge in [-0.2, -0.15) is 0 Å². The lowest BCUT2D eigenvalue weighted by atomic mass is 10.1. The summed E-state index contributed by atoms with van der Waals surface area (Å²) in [6.45, 7) is 0. The van der Waals surface area contributed by atoms with Gasteiger partial charge in [-0.1, -0.05) is 12.1 Å². The van der Waals surface area contributed by atoms with E-state index >= 15 is 0 Å². The maximum absolute atomic E-state index is 11.3. The fourth-order valence-electron chi connectivity index (χ4n) is 1.42. The zero-order valence-corrected chi connectivity index (χ0v) is 7.57. The van der Waals surface area contributed by atoms with Gasteiger partial charge < -0.3 is 14.8 Å². The molecule has 1 heterocycles. The molecule has 4 heteroatoms. The summed E-state index contributed by atoms with van der Waals surface area (Å²) in [5, 5.41) is 10.0. The van der Waals surface area contributed by atoms with Crippen LogP contribution in [0.15, 0.2) is 24.3 Å². The number of aromatic hydroxyl groups is 1. The first kappa shape index (κ1) is 8.62. The average Bonchev–Trinajstić information content (AvgIpc) is 2.56. The van der Waals surface area contributed by atoms with Gasteiger partial charge in [-0.05, 0) is 6.07 Å². The molecular weight excluding hydrogens is 182 g/mol. The van der Waals surface area contributed by atoms with Crippen LogP contribution in [0, 0.1) is 0 Å². The van der Waals surface area contributed by atoms with Crippen LogP contribution >= 0.6 is 0 Å². The van der Waals surface area contributed by atoms with Crippen molar-refractivity contribution in [1.29, 1.82) is 0 Å². The molecule has 0 amide bonds. The van der Waals surface area contributed by atoms with Crippen LogP contribution in [-0.2, 0) is 4.74 Å². The van der Waals surface area contributed by atoms with Crippen molar-refractivity contribution < 1.29 is 14.6 Å². The number of para-hydroxylation sites is 1. The second-order valence-electron chi connectivity index (χ2n) is 2.92. The Kier molecular flexibility index (Phi) is 1.89. The zero-order chi connectivity index (χ0) is 10.1. The second kappa shape index (κ2) is 3.06. The monoisotopic (exact) mass is 191 g/mol. The van der Waals surface area contributed by atoms with Crippen LogP contribution in [0.25, 0.3) is 10.9 Å². The molecule has 2 aromatic rings. The molecule has 0 fully saturated rings. The SMILES string of the molecule is COC(=O)c1cccc2cc(O)[nH]c12. The van der Waals surface area contributed by atoms with E-state index in [0.29, 0.717) is 11.1 Å². The van der Waals surface area contributed by atoms with Gasteiger partial charge in [0.1, 0.15) is 0 Å². The largest absolute Gasteiger partial charge is 0.495 e. The van der Waals surface area contributed by atoms with Gasteiger partial charge in [-0.3, -0.25) is 0 Å². The predicted molar refractivity (Wildman–Crippen MR) is 51.3 cm³/mol. The molecule has 0 bridgehead atoms. The van der Waals surface area contributed by atoms with Crippen LogP contribution in [0.3, 0.4) is 0 Å². The maximum atomic E-state index is 11.3. The van der Waals surface area contributed by atoms with Gasteiger partial charge >= 0.3 is 5.97 Å². The first-order valence-corrected chi connectivity index (χ1v) is 4.11. The minimum absolute atomic E-state index is 0.0383. The highest BCUT2D eigenvalue weighted by molar-refractivity contribution is 6.03. The number of benzene rings is 1. The van der Waals surface area contributed by atoms with Gasteiger partial charge in [0.05, 0.1) is 18.2 Å². The topological polar surface area (TPSA) is 62.3 Å². The number of fused-ring (bicyclic) bond motifs is 1. The Hall–Kier alpha value is -1.97. The van der Waals surface area contributed by atoms with Gasteiger partial charge in [0, 0.05) is 11.5 Å². The normalized spacial score (nSPS) is 10.4. The number of ether oxygens (including phenoxy) is 1. The second-order valence-corrected chi connectivity index (χ2v) is 2.92. The lowest BCUT2D eigenvalue weighted by Crippen LogP contribution is -2.01. The third-order valence-corrected chi connectivity index (χ3v) is 2.05. The van der Waals surface area contributed by atoms with Crippen molar-refractivity contribution in [2.75, 3.05) is 7.11 Å². The van der Waals surface area contributed by atoms with Crippen LogP contribution in [0.2, 0.25) is 0 Å². The van der Waals surface area contributed by atoms with E-state index in [-0.39, 0.29) is 5.88 Å². The molecule has 0 saturated heterocycles. The fraction of sp³-hybridized carbons (Fsp3) is 0.100. The fourth-order valence-corrected chi connectivity index (χ4v) is 1.42. The number of carbonyl (C=O) groups excluding carboxylic acids is 1. The third-order valence-electron chi connectivity index (χ3n) is 2.05. The summed E-state index contributed by atoms with van der Waals surface area (Å²) in [5.74, 6) is -0.381. The molecule has 2 rings (SSSR count). The van der Waals surface area contributed by atoms with Gasteiger partial charge in [0.2, 0.25) is 0 Å². The molecule has 0 unspecified atom stereocenters. The lowest BCUT2D eigenvalue weighted by molar-refractivity contribution is 0.0603. The van der Waals surface area contributed by atoms with Crippen molar-refractivity contribution in [2.45, 2.75) is 0 Å². The van der Waals surface area contributed by atoms with Crippen molar-refractivity contribution in [3.05, 3.63) is 29.8 Å². The molecule has 1 aromatic carbocycles. The number of hydrogen-bond donors (Lipinski definition) is 2. The Morgan fingerprint density at radius 2 is 2.29 bits per heavy atom. The molecular formula is C10H9NO3. The molecule has 14 heavy (non-hydrogen) atoms. The number of aromatic amines is 1. The molecule has 0 saturated carbocycles. The Balaban J connectivity index is 2.70. The van der Waals surface area contributed by atoms with Crippen molar-refractivity contribution in [3.8, 4) is 5.88 Å². The van der Waals surface area contributed by atoms with Crippen LogP contribution in [-0.4, -0.2) is 23.2 Å². The molecule has 0 aliphatic carbocycles. The molecule has 1 aromatic heterocycles. The van der Waals surface area contributed by atoms with Gasteiger partial charge in [-0.25, -0.2) is 4.79 Å². The Labute approximate surface area is 80.1 Å². The maximum Gasteiger partial charge on any atom is 0.339 e. The summed E-state index contributed by atoms with van der Waals surface area (Å²) in [6.07, 6.45) is 0. The Bertz CT molecular complexity index is 487. The smallest absolute Gasteiger partial charge is 0.339 e. The predicted octanol–water partition coefficient (Wildman–Crippen LogP) is 1.66. The van der Waals surface area contributed by atoms with Crippen molar-refractivity contribution in [1.82, 2.24) is 4.98 Å². The van der Waals surface area contributed by atoms with Crippen molar-refractivity contribution in [3.63, 3.8) is 0 Å². The number of carbonyl (C=O) groups is 1. The number of hydrogen-bond acceptors (Lipinski definition) is 3. The average molecular weight is 191 g/mol. The van der Waals surface area contributed by atoms with Crippen molar-refractivity contribution in [2.24, 2.45) is 0 Å². The molecule has 0 aliphatic rings. The van der Waals surface area contributed by atoms with E-state index in [1.807, 2.05) is 0 Å². The molecule has 0 aliphatic heterocycles. The van der Waals surface area contributed by atoms with E-state index in [9.17, 15) is 9.90 Å². The Morgan fingerprint density at radius 1 is 1.50 bits per heavy atom. The van der Waals surface area contributed by atoms with E-state index in [2.05, 4.69) is 9.72 Å². The van der Waals surface area contributed by atoms with E-state index in [1.54, 1.807) is 24.3 Å². The number of methoxy groups -OCH3 is 1. The van der Waals surface area contributed by atoms with E-state index < -0.39 is 5.97 Å².